The van der Waals surface area contributed by atoms with E-state index >= 15 is 0 Å². The Morgan fingerprint density at radius 2 is 1.58 bits per heavy atom. The second-order valence-electron chi connectivity index (χ2n) is 10.9. The molecule has 0 radical (unpaired) electrons. The van der Waals surface area contributed by atoms with Crippen molar-refractivity contribution in [3.8, 4) is 0 Å². The summed E-state index contributed by atoms with van der Waals surface area (Å²) in [7, 11) is 0. The van der Waals surface area contributed by atoms with Gasteiger partial charge in [0.1, 0.15) is 0 Å². The van der Waals surface area contributed by atoms with E-state index in [1.165, 1.54) is 49.4 Å². The van der Waals surface area contributed by atoms with Crippen LogP contribution in [-0.2, 0) is 5.41 Å². The molecule has 4 aromatic rings. The number of allylic oxidation sites excluding steroid dienone is 4. The molecule has 2 atom stereocenters. The van der Waals surface area contributed by atoms with E-state index in [0.29, 0.717) is 12.1 Å². The van der Waals surface area contributed by atoms with Gasteiger partial charge in [-0.2, -0.15) is 0 Å². The molecular formula is C35H31N. The number of benzene rings is 4. The van der Waals surface area contributed by atoms with Gasteiger partial charge in [0, 0.05) is 17.5 Å². The van der Waals surface area contributed by atoms with E-state index in [2.05, 4.69) is 128 Å². The predicted octanol–water partition coefficient (Wildman–Crippen LogP) is 8.37. The molecule has 36 heavy (non-hydrogen) atoms. The second kappa shape index (κ2) is 8.18. The maximum Gasteiger partial charge on any atom is 0.0337 e. The van der Waals surface area contributed by atoms with Crippen LogP contribution in [0.2, 0.25) is 0 Å². The van der Waals surface area contributed by atoms with Crippen molar-refractivity contribution in [2.24, 2.45) is 0 Å². The molecule has 0 bridgehead atoms. The number of rotatable bonds is 3. The minimum absolute atomic E-state index is 0.0585. The van der Waals surface area contributed by atoms with Crippen LogP contribution < -0.4 is 5.32 Å². The Morgan fingerprint density at radius 3 is 2.47 bits per heavy atom. The predicted molar refractivity (Wildman–Crippen MR) is 154 cm³/mol. The van der Waals surface area contributed by atoms with Crippen molar-refractivity contribution in [3.63, 3.8) is 0 Å². The Balaban J connectivity index is 1.12. The molecule has 0 aromatic heterocycles. The Labute approximate surface area is 213 Å². The summed E-state index contributed by atoms with van der Waals surface area (Å²) >= 11 is 0. The van der Waals surface area contributed by atoms with Crippen LogP contribution in [-0.4, -0.2) is 12.1 Å². The van der Waals surface area contributed by atoms with Gasteiger partial charge in [0.25, 0.3) is 0 Å². The molecule has 0 saturated heterocycles. The lowest BCUT2D eigenvalue weighted by molar-refractivity contribution is 0.463. The zero-order valence-corrected chi connectivity index (χ0v) is 21.0. The Bertz CT molecular complexity index is 1640. The third kappa shape index (κ3) is 3.34. The van der Waals surface area contributed by atoms with Crippen molar-refractivity contribution < 1.29 is 0 Å². The summed E-state index contributed by atoms with van der Waals surface area (Å²) in [6.07, 6.45) is 13.8. The summed E-state index contributed by atoms with van der Waals surface area (Å²) in [6, 6.07) is 29.7. The van der Waals surface area contributed by atoms with Gasteiger partial charge in [-0.05, 0) is 73.9 Å². The van der Waals surface area contributed by atoms with Gasteiger partial charge in [-0.1, -0.05) is 117 Å². The first-order chi connectivity index (χ1) is 17.6. The fraction of sp³-hybridized carbons (Fsp3) is 0.200. The Morgan fingerprint density at radius 1 is 0.778 bits per heavy atom. The molecule has 0 aliphatic heterocycles. The molecule has 7 rings (SSSR count). The van der Waals surface area contributed by atoms with E-state index in [0.717, 1.165) is 12.8 Å². The zero-order valence-electron chi connectivity index (χ0n) is 21.0. The van der Waals surface area contributed by atoms with Crippen molar-refractivity contribution in [1.82, 2.24) is 5.32 Å². The fourth-order valence-electron chi connectivity index (χ4n) is 6.69. The first kappa shape index (κ1) is 21.6. The third-order valence-corrected chi connectivity index (χ3v) is 8.45. The smallest absolute Gasteiger partial charge is 0.0337 e. The van der Waals surface area contributed by atoms with Crippen LogP contribution in [0.1, 0.15) is 43.4 Å². The van der Waals surface area contributed by atoms with Crippen LogP contribution in [0, 0.1) is 0 Å². The van der Waals surface area contributed by atoms with Crippen molar-refractivity contribution >= 4 is 32.7 Å². The summed E-state index contributed by atoms with van der Waals surface area (Å²) in [5.74, 6) is 0. The minimum Gasteiger partial charge on any atom is -0.303 e. The topological polar surface area (TPSA) is 12.0 Å². The van der Waals surface area contributed by atoms with E-state index in [1.807, 2.05) is 0 Å². The van der Waals surface area contributed by atoms with Gasteiger partial charge in [0.2, 0.25) is 0 Å². The molecule has 4 aromatic carbocycles. The quantitative estimate of drug-likeness (QED) is 0.300. The van der Waals surface area contributed by atoms with E-state index in [4.69, 9.17) is 0 Å². The highest BCUT2D eigenvalue weighted by Crippen LogP contribution is 2.50. The summed E-state index contributed by atoms with van der Waals surface area (Å²) in [6.45, 7) is 4.78. The summed E-state index contributed by atoms with van der Waals surface area (Å²) in [5, 5.41) is 9.25. The molecule has 1 nitrogen and oxygen atoms in total. The maximum absolute atomic E-state index is 4.00. The maximum atomic E-state index is 4.00. The Hall–Kier alpha value is -3.68. The van der Waals surface area contributed by atoms with Crippen molar-refractivity contribution in [2.45, 2.75) is 44.2 Å². The van der Waals surface area contributed by atoms with Gasteiger partial charge in [0.05, 0.1) is 0 Å². The average molecular weight is 466 g/mol. The molecule has 0 heterocycles. The molecule has 3 aliphatic rings. The highest BCUT2D eigenvalue weighted by Gasteiger charge is 2.41. The highest BCUT2D eigenvalue weighted by molar-refractivity contribution is 6.08. The number of hydrogen-bond acceptors (Lipinski definition) is 1. The molecule has 0 amide bonds. The number of nitrogens with one attached hydrogen (secondary N) is 1. The van der Waals surface area contributed by atoms with E-state index in [1.54, 1.807) is 5.57 Å². The highest BCUT2D eigenvalue weighted by atomic mass is 15.0. The zero-order chi connectivity index (χ0) is 24.3. The minimum atomic E-state index is 0.0585. The molecule has 1 heteroatoms. The summed E-state index contributed by atoms with van der Waals surface area (Å²) in [5.41, 5.74) is 8.52. The largest absolute Gasteiger partial charge is 0.303 e. The van der Waals surface area contributed by atoms with Crippen LogP contribution in [0.15, 0.2) is 115 Å². The molecule has 2 unspecified atom stereocenters. The summed E-state index contributed by atoms with van der Waals surface area (Å²) < 4.78 is 0. The molecule has 0 fully saturated rings. The molecule has 0 spiro atoms. The first-order valence-corrected chi connectivity index (χ1v) is 13.2. The molecule has 3 aliphatic carbocycles. The van der Waals surface area contributed by atoms with Gasteiger partial charge in [0.15, 0.2) is 0 Å². The lowest BCUT2D eigenvalue weighted by atomic mass is 9.76. The van der Waals surface area contributed by atoms with Crippen molar-refractivity contribution in [1.29, 1.82) is 0 Å². The average Bonchev–Trinajstić information content (AvgIpc) is 3.16. The van der Waals surface area contributed by atoms with E-state index in [-0.39, 0.29) is 5.41 Å². The number of hydrogen-bond donors (Lipinski definition) is 1. The van der Waals surface area contributed by atoms with Crippen molar-refractivity contribution in [3.05, 3.63) is 132 Å². The van der Waals surface area contributed by atoms with Gasteiger partial charge >= 0.3 is 0 Å². The first-order valence-electron chi connectivity index (χ1n) is 13.2. The molecule has 176 valence electrons. The van der Waals surface area contributed by atoms with Gasteiger partial charge < -0.3 is 5.32 Å². The SMILES string of the molecule is CC1(C)C2=C(C=CCC2NC2C=CC(c3ccc4c(ccc5ccccc54)c3)=CC2)c2ccccc21. The van der Waals surface area contributed by atoms with E-state index < -0.39 is 0 Å². The second-order valence-corrected chi connectivity index (χ2v) is 10.9. The van der Waals surface area contributed by atoms with Gasteiger partial charge in [-0.15, -0.1) is 0 Å². The normalized spacial score (nSPS) is 22.1. The molecule has 1 N–H and O–H groups in total. The monoisotopic (exact) mass is 465 g/mol. The van der Waals surface area contributed by atoms with Gasteiger partial charge in [-0.25, -0.2) is 0 Å². The van der Waals surface area contributed by atoms with Crippen LogP contribution in [0.3, 0.4) is 0 Å². The van der Waals surface area contributed by atoms with Gasteiger partial charge in [-0.3, -0.25) is 0 Å². The third-order valence-electron chi connectivity index (χ3n) is 8.45. The lowest BCUT2D eigenvalue weighted by Gasteiger charge is -2.35. The Kier molecular flexibility index (Phi) is 4.91. The fourth-order valence-corrected chi connectivity index (χ4v) is 6.69. The van der Waals surface area contributed by atoms with Crippen molar-refractivity contribution in [2.75, 3.05) is 0 Å². The standard InChI is InChI=1S/C35H31N/c1-35(2)32-12-6-5-10-30(32)31-11-7-13-33(34(31)35)36-27-19-16-23(17-20-27)25-18-21-29-26(22-25)15-14-24-8-3-4-9-28(24)29/h3-12,14-19,21-22,27,33,36H,13,20H2,1-2H3. The van der Waals surface area contributed by atoms with Crippen LogP contribution >= 0.6 is 0 Å². The van der Waals surface area contributed by atoms with Crippen LogP contribution in [0.25, 0.3) is 32.7 Å². The molecular weight excluding hydrogens is 434 g/mol. The van der Waals surface area contributed by atoms with E-state index in [9.17, 15) is 0 Å². The lowest BCUT2D eigenvalue weighted by Crippen LogP contribution is -2.43. The van der Waals surface area contributed by atoms with Crippen LogP contribution in [0.5, 0.6) is 0 Å². The summed E-state index contributed by atoms with van der Waals surface area (Å²) in [4.78, 5) is 0. The van der Waals surface area contributed by atoms with Crippen LogP contribution in [0.4, 0.5) is 0 Å². The molecule has 0 saturated carbocycles. The number of fused-ring (bicyclic) bond motifs is 5.